The third-order valence-electron chi connectivity index (χ3n) is 5.13. The van der Waals surface area contributed by atoms with Gasteiger partial charge in [0.05, 0.1) is 24.8 Å². The Balaban J connectivity index is 1.47. The molecule has 1 aromatic heterocycles. The Morgan fingerprint density at radius 1 is 1.17 bits per heavy atom. The third-order valence-corrected chi connectivity index (χ3v) is 5.13. The second-order valence-corrected chi connectivity index (χ2v) is 6.74. The smallest absolute Gasteiger partial charge is 0.224 e. The molecule has 1 amide bonds. The molecule has 2 aliphatic rings. The maximum Gasteiger partial charge on any atom is 0.224 e. The number of amides is 1. The van der Waals surface area contributed by atoms with Crippen LogP contribution in [0.4, 0.5) is 0 Å². The highest BCUT2D eigenvalue weighted by Gasteiger charge is 2.32. The fourth-order valence-corrected chi connectivity index (χ4v) is 3.71. The molecule has 1 aliphatic heterocycles. The van der Waals surface area contributed by atoms with Crippen molar-refractivity contribution in [1.29, 1.82) is 0 Å². The van der Waals surface area contributed by atoms with Gasteiger partial charge in [-0.1, -0.05) is 30.4 Å². The number of aromatic nitrogens is 1. The molecule has 1 saturated heterocycles. The van der Waals surface area contributed by atoms with Gasteiger partial charge in [-0.25, -0.2) is 0 Å². The molecule has 0 bridgehead atoms. The Morgan fingerprint density at radius 3 is 2.88 bits per heavy atom. The summed E-state index contributed by atoms with van der Waals surface area (Å²) in [5, 5.41) is 4.41. The first-order valence-electron chi connectivity index (χ1n) is 8.67. The van der Waals surface area contributed by atoms with Gasteiger partial charge >= 0.3 is 0 Å². The number of nitrogens with one attached hydrogen (secondary N) is 1. The number of ether oxygens (including phenoxy) is 1. The summed E-state index contributed by atoms with van der Waals surface area (Å²) in [5.41, 5.74) is 2.30. The van der Waals surface area contributed by atoms with Crippen LogP contribution in [0.5, 0.6) is 0 Å². The number of carbonyl (C=O) groups excluding carboxylic acids is 1. The van der Waals surface area contributed by atoms with Crippen LogP contribution in [-0.4, -0.2) is 30.1 Å². The van der Waals surface area contributed by atoms with E-state index in [0.29, 0.717) is 19.1 Å². The molecule has 4 rings (SSSR count). The molecular weight excluding hydrogens is 300 g/mol. The van der Waals surface area contributed by atoms with Crippen molar-refractivity contribution in [3.63, 3.8) is 0 Å². The summed E-state index contributed by atoms with van der Waals surface area (Å²) < 4.78 is 5.67. The number of hydrogen-bond acceptors (Lipinski definition) is 3. The van der Waals surface area contributed by atoms with Gasteiger partial charge in [0.1, 0.15) is 0 Å². The first-order valence-corrected chi connectivity index (χ1v) is 8.67. The number of nitrogens with zero attached hydrogens (tertiary/aromatic N) is 1. The van der Waals surface area contributed by atoms with Crippen LogP contribution in [0.15, 0.2) is 48.7 Å². The van der Waals surface area contributed by atoms with Crippen molar-refractivity contribution >= 4 is 16.8 Å². The molecule has 1 N–H and O–H groups in total. The molecule has 0 spiro atoms. The van der Waals surface area contributed by atoms with E-state index in [9.17, 15) is 4.79 Å². The number of fused-ring (bicyclic) bond motifs is 1. The van der Waals surface area contributed by atoms with Crippen LogP contribution in [0.2, 0.25) is 0 Å². The minimum atomic E-state index is 0.102. The van der Waals surface area contributed by atoms with Crippen molar-refractivity contribution in [3.8, 4) is 0 Å². The molecule has 2 atom stereocenters. The minimum Gasteiger partial charge on any atom is -0.379 e. The maximum absolute atomic E-state index is 12.4. The number of hydrogen-bond donors (Lipinski definition) is 1. The molecule has 0 radical (unpaired) electrons. The van der Waals surface area contributed by atoms with E-state index in [2.05, 4.69) is 34.6 Å². The first-order chi connectivity index (χ1) is 11.8. The van der Waals surface area contributed by atoms with E-state index in [-0.39, 0.29) is 17.9 Å². The highest BCUT2D eigenvalue weighted by molar-refractivity contribution is 5.82. The molecule has 4 heteroatoms. The summed E-state index contributed by atoms with van der Waals surface area (Å²) in [6.07, 6.45) is 8.67. The Bertz CT molecular complexity index is 758. The van der Waals surface area contributed by atoms with E-state index >= 15 is 0 Å². The number of carbonyl (C=O) groups is 1. The Morgan fingerprint density at radius 2 is 2.00 bits per heavy atom. The molecule has 2 aromatic rings. The van der Waals surface area contributed by atoms with E-state index < -0.39 is 0 Å². The van der Waals surface area contributed by atoms with Gasteiger partial charge in [0.2, 0.25) is 5.91 Å². The first kappa shape index (κ1) is 15.3. The molecule has 1 fully saturated rings. The van der Waals surface area contributed by atoms with Crippen molar-refractivity contribution in [2.75, 3.05) is 13.2 Å². The SMILES string of the molecule is O=C(N[C@@H]1COC[C@H]1Cc1ccnc2ccccc12)C1CC=CC1. The van der Waals surface area contributed by atoms with Crippen LogP contribution in [0.25, 0.3) is 10.9 Å². The zero-order chi connectivity index (χ0) is 16.4. The highest BCUT2D eigenvalue weighted by Crippen LogP contribution is 2.25. The molecular formula is C20H22N2O2. The largest absolute Gasteiger partial charge is 0.379 e. The van der Waals surface area contributed by atoms with Gasteiger partial charge in [0.25, 0.3) is 0 Å². The van der Waals surface area contributed by atoms with Crippen LogP contribution in [0, 0.1) is 11.8 Å². The number of pyridine rings is 1. The van der Waals surface area contributed by atoms with Gasteiger partial charge in [0.15, 0.2) is 0 Å². The van der Waals surface area contributed by atoms with Gasteiger partial charge < -0.3 is 10.1 Å². The van der Waals surface area contributed by atoms with Crippen molar-refractivity contribution in [1.82, 2.24) is 10.3 Å². The summed E-state index contributed by atoms with van der Waals surface area (Å²) in [5.74, 6) is 0.585. The van der Waals surface area contributed by atoms with Gasteiger partial charge in [-0.15, -0.1) is 0 Å². The van der Waals surface area contributed by atoms with Gasteiger partial charge in [0, 0.05) is 23.4 Å². The monoisotopic (exact) mass is 322 g/mol. The van der Waals surface area contributed by atoms with E-state index in [1.807, 2.05) is 24.4 Å². The lowest BCUT2D eigenvalue weighted by Crippen LogP contribution is -2.43. The summed E-state index contributed by atoms with van der Waals surface area (Å²) in [4.78, 5) is 16.8. The van der Waals surface area contributed by atoms with Crippen molar-refractivity contribution in [3.05, 3.63) is 54.2 Å². The van der Waals surface area contributed by atoms with Crippen LogP contribution in [-0.2, 0) is 16.0 Å². The lowest BCUT2D eigenvalue weighted by atomic mass is 9.92. The van der Waals surface area contributed by atoms with Crippen molar-refractivity contribution < 1.29 is 9.53 Å². The Hall–Kier alpha value is -2.20. The molecule has 24 heavy (non-hydrogen) atoms. The van der Waals surface area contributed by atoms with Crippen molar-refractivity contribution in [2.24, 2.45) is 11.8 Å². The summed E-state index contributed by atoms with van der Waals surface area (Å²) >= 11 is 0. The van der Waals surface area contributed by atoms with Gasteiger partial charge in [-0.2, -0.15) is 0 Å². The van der Waals surface area contributed by atoms with E-state index in [1.165, 1.54) is 10.9 Å². The fraction of sp³-hybridized carbons (Fsp3) is 0.400. The van der Waals surface area contributed by atoms with E-state index in [0.717, 1.165) is 24.8 Å². The van der Waals surface area contributed by atoms with Crippen LogP contribution >= 0.6 is 0 Å². The maximum atomic E-state index is 12.4. The molecule has 0 saturated carbocycles. The Labute approximate surface area is 141 Å². The van der Waals surface area contributed by atoms with Gasteiger partial charge in [-0.05, 0) is 37.0 Å². The predicted octanol–water partition coefficient (Wildman–Crippen LogP) is 2.87. The summed E-state index contributed by atoms with van der Waals surface area (Å²) in [7, 11) is 0. The highest BCUT2D eigenvalue weighted by atomic mass is 16.5. The van der Waals surface area contributed by atoms with E-state index in [4.69, 9.17) is 4.74 Å². The standard InChI is InChI=1S/C20H22N2O2/c23-20(14-5-1-2-6-14)22-19-13-24-12-16(19)11-15-9-10-21-18-8-4-3-7-17(15)18/h1-4,7-10,14,16,19H,5-6,11-13H2,(H,22,23)/t16-,19-/m1/s1. The van der Waals surface area contributed by atoms with Crippen LogP contribution < -0.4 is 5.32 Å². The molecule has 0 unspecified atom stereocenters. The zero-order valence-corrected chi connectivity index (χ0v) is 13.7. The lowest BCUT2D eigenvalue weighted by molar-refractivity contribution is -0.125. The average molecular weight is 322 g/mol. The second kappa shape index (κ2) is 6.73. The van der Waals surface area contributed by atoms with Crippen LogP contribution in [0.1, 0.15) is 18.4 Å². The van der Waals surface area contributed by atoms with Gasteiger partial charge in [-0.3, -0.25) is 9.78 Å². The number of allylic oxidation sites excluding steroid dienone is 2. The molecule has 1 aromatic carbocycles. The molecule has 4 nitrogen and oxygen atoms in total. The summed E-state index contributed by atoms with van der Waals surface area (Å²) in [6, 6.07) is 10.4. The normalized spacial score (nSPS) is 23.8. The van der Waals surface area contributed by atoms with Crippen molar-refractivity contribution in [2.45, 2.75) is 25.3 Å². The summed E-state index contributed by atoms with van der Waals surface area (Å²) in [6.45, 7) is 1.31. The predicted molar refractivity (Wildman–Crippen MR) is 93.6 cm³/mol. The van der Waals surface area contributed by atoms with E-state index in [1.54, 1.807) is 0 Å². The van der Waals surface area contributed by atoms with Crippen LogP contribution in [0.3, 0.4) is 0 Å². The molecule has 1 aliphatic carbocycles. The second-order valence-electron chi connectivity index (χ2n) is 6.74. The Kier molecular flexibility index (Phi) is 4.30. The topological polar surface area (TPSA) is 51.2 Å². The minimum absolute atomic E-state index is 0.102. The average Bonchev–Trinajstić information content (AvgIpc) is 3.28. The quantitative estimate of drug-likeness (QED) is 0.881. The number of para-hydroxylation sites is 1. The third kappa shape index (κ3) is 3.06. The lowest BCUT2D eigenvalue weighted by Gasteiger charge is -2.21. The molecule has 124 valence electrons. The number of benzene rings is 1. The number of rotatable bonds is 4. The fourth-order valence-electron chi connectivity index (χ4n) is 3.71. The molecule has 2 heterocycles. The zero-order valence-electron chi connectivity index (χ0n) is 13.7.